The first-order valence-corrected chi connectivity index (χ1v) is 11.5. The van der Waals surface area contributed by atoms with Gasteiger partial charge >= 0.3 is 6.09 Å². The molecule has 0 bridgehead atoms. The molecule has 0 spiro atoms. The summed E-state index contributed by atoms with van der Waals surface area (Å²) in [4.78, 5) is 27.6. The SMILES string of the molecule is CS(=O)(=O)c1cccc(Nc2ncc(F)cc2C(=O)N[C@H]2CC[C@@H](NC(=O)O)CC2)c1. The van der Waals surface area contributed by atoms with Crippen LogP contribution in [0.2, 0.25) is 0 Å². The number of carbonyl (C=O) groups is 2. The highest BCUT2D eigenvalue weighted by Gasteiger charge is 2.25. The molecule has 2 amide bonds. The van der Waals surface area contributed by atoms with Gasteiger partial charge in [0.2, 0.25) is 0 Å². The third-order valence-electron chi connectivity index (χ3n) is 5.01. The van der Waals surface area contributed by atoms with Crippen LogP contribution in [0.5, 0.6) is 0 Å². The number of pyridine rings is 1. The van der Waals surface area contributed by atoms with Crippen molar-refractivity contribution in [2.24, 2.45) is 0 Å². The van der Waals surface area contributed by atoms with Crippen molar-refractivity contribution in [2.45, 2.75) is 42.7 Å². The highest BCUT2D eigenvalue weighted by Crippen LogP contribution is 2.24. The van der Waals surface area contributed by atoms with Gasteiger partial charge in [-0.25, -0.2) is 22.6 Å². The van der Waals surface area contributed by atoms with Gasteiger partial charge in [-0.2, -0.15) is 0 Å². The summed E-state index contributed by atoms with van der Waals surface area (Å²) in [7, 11) is -3.42. The van der Waals surface area contributed by atoms with Crippen LogP contribution in [0.15, 0.2) is 41.4 Å². The summed E-state index contributed by atoms with van der Waals surface area (Å²) in [6.45, 7) is 0. The van der Waals surface area contributed by atoms with Gasteiger partial charge in [-0.15, -0.1) is 0 Å². The van der Waals surface area contributed by atoms with Crippen molar-refractivity contribution in [1.29, 1.82) is 0 Å². The normalized spacial score (nSPS) is 18.8. The van der Waals surface area contributed by atoms with E-state index in [0.717, 1.165) is 18.5 Å². The van der Waals surface area contributed by atoms with Gasteiger partial charge in [-0.1, -0.05) is 6.07 Å². The second kappa shape index (κ2) is 9.29. The lowest BCUT2D eigenvalue weighted by molar-refractivity contribution is 0.0923. The molecule has 1 saturated carbocycles. The zero-order chi connectivity index (χ0) is 22.6. The number of rotatable bonds is 6. The van der Waals surface area contributed by atoms with Crippen molar-refractivity contribution in [3.63, 3.8) is 0 Å². The van der Waals surface area contributed by atoms with Crippen LogP contribution in [-0.4, -0.2) is 48.8 Å². The fourth-order valence-electron chi connectivity index (χ4n) is 3.47. The lowest BCUT2D eigenvalue weighted by Gasteiger charge is -2.29. The number of carboxylic acid groups (broad SMARTS) is 1. The van der Waals surface area contributed by atoms with E-state index in [2.05, 4.69) is 20.9 Å². The summed E-state index contributed by atoms with van der Waals surface area (Å²) in [6, 6.07) is 6.73. The van der Waals surface area contributed by atoms with E-state index in [-0.39, 0.29) is 28.4 Å². The maximum absolute atomic E-state index is 13.8. The molecule has 2 aromatic rings. The molecule has 1 heterocycles. The fourth-order valence-corrected chi connectivity index (χ4v) is 4.14. The number of anilines is 2. The highest BCUT2D eigenvalue weighted by molar-refractivity contribution is 7.90. The summed E-state index contributed by atoms with van der Waals surface area (Å²) in [5, 5.41) is 17.0. The van der Waals surface area contributed by atoms with Crippen LogP contribution in [0, 0.1) is 5.82 Å². The molecule has 3 rings (SSSR count). The molecule has 1 aromatic heterocycles. The number of hydrogen-bond donors (Lipinski definition) is 4. The molecule has 1 aromatic carbocycles. The van der Waals surface area contributed by atoms with Crippen molar-refractivity contribution >= 4 is 33.3 Å². The largest absolute Gasteiger partial charge is 0.465 e. The van der Waals surface area contributed by atoms with Crippen LogP contribution >= 0.6 is 0 Å². The van der Waals surface area contributed by atoms with Gasteiger partial charge in [0.25, 0.3) is 5.91 Å². The van der Waals surface area contributed by atoms with Crippen LogP contribution in [0.1, 0.15) is 36.0 Å². The first kappa shape index (κ1) is 22.5. The average Bonchev–Trinajstić information content (AvgIpc) is 2.70. The monoisotopic (exact) mass is 450 g/mol. The van der Waals surface area contributed by atoms with Gasteiger partial charge in [0.1, 0.15) is 11.6 Å². The third kappa shape index (κ3) is 6.14. The Hall–Kier alpha value is -3.21. The predicted octanol–water partition coefficient (Wildman–Crippen LogP) is 2.68. The number of aromatic nitrogens is 1. The van der Waals surface area contributed by atoms with Crippen LogP contribution in [0.4, 0.5) is 20.7 Å². The van der Waals surface area contributed by atoms with E-state index in [9.17, 15) is 22.4 Å². The van der Waals surface area contributed by atoms with Crippen LogP contribution < -0.4 is 16.0 Å². The predicted molar refractivity (Wildman–Crippen MR) is 112 cm³/mol. The second-order valence-corrected chi connectivity index (χ2v) is 9.46. The number of amides is 2. The number of carbonyl (C=O) groups excluding carboxylic acids is 1. The molecule has 1 aliphatic carbocycles. The van der Waals surface area contributed by atoms with Gasteiger partial charge in [-0.3, -0.25) is 4.79 Å². The molecule has 9 nitrogen and oxygen atoms in total. The van der Waals surface area contributed by atoms with E-state index in [4.69, 9.17) is 5.11 Å². The van der Waals surface area contributed by atoms with E-state index in [1.807, 2.05) is 0 Å². The molecule has 11 heteroatoms. The zero-order valence-electron chi connectivity index (χ0n) is 16.8. The topological polar surface area (TPSA) is 137 Å². The second-order valence-electron chi connectivity index (χ2n) is 7.45. The molecule has 1 fully saturated rings. The molecule has 0 unspecified atom stereocenters. The summed E-state index contributed by atoms with van der Waals surface area (Å²) < 4.78 is 37.3. The van der Waals surface area contributed by atoms with Crippen LogP contribution in [0.25, 0.3) is 0 Å². The molecule has 0 saturated heterocycles. The number of benzene rings is 1. The minimum Gasteiger partial charge on any atom is -0.465 e. The number of hydrogen-bond acceptors (Lipinski definition) is 6. The lowest BCUT2D eigenvalue weighted by atomic mass is 9.91. The Kier molecular flexibility index (Phi) is 6.74. The van der Waals surface area contributed by atoms with E-state index in [1.165, 1.54) is 12.1 Å². The molecule has 0 radical (unpaired) electrons. The third-order valence-corrected chi connectivity index (χ3v) is 6.12. The van der Waals surface area contributed by atoms with Crippen LogP contribution in [0.3, 0.4) is 0 Å². The molecule has 166 valence electrons. The maximum Gasteiger partial charge on any atom is 0.404 e. The smallest absolute Gasteiger partial charge is 0.404 e. The minimum atomic E-state index is -3.42. The lowest BCUT2D eigenvalue weighted by Crippen LogP contribution is -2.43. The zero-order valence-corrected chi connectivity index (χ0v) is 17.6. The fraction of sp³-hybridized carbons (Fsp3) is 0.350. The van der Waals surface area contributed by atoms with E-state index < -0.39 is 27.7 Å². The van der Waals surface area contributed by atoms with E-state index in [1.54, 1.807) is 12.1 Å². The number of halogens is 1. The van der Waals surface area contributed by atoms with Crippen LogP contribution in [-0.2, 0) is 9.84 Å². The number of nitrogens with zero attached hydrogens (tertiary/aromatic N) is 1. The molecular formula is C20H23FN4O5S. The Morgan fingerprint density at radius 2 is 1.74 bits per heavy atom. The Labute approximate surface area is 179 Å². The van der Waals surface area contributed by atoms with Gasteiger partial charge in [-0.05, 0) is 49.9 Å². The van der Waals surface area contributed by atoms with E-state index >= 15 is 0 Å². The number of nitrogens with one attached hydrogen (secondary N) is 3. The molecule has 0 aliphatic heterocycles. The first-order chi connectivity index (χ1) is 14.6. The molecular weight excluding hydrogens is 427 g/mol. The van der Waals surface area contributed by atoms with Gasteiger partial charge in [0, 0.05) is 24.0 Å². The molecule has 0 atom stereocenters. The van der Waals surface area contributed by atoms with Gasteiger partial charge in [0.15, 0.2) is 9.84 Å². The van der Waals surface area contributed by atoms with Crippen molar-refractivity contribution in [3.05, 3.63) is 47.9 Å². The Morgan fingerprint density at radius 3 is 2.35 bits per heavy atom. The summed E-state index contributed by atoms with van der Waals surface area (Å²) in [6.07, 6.45) is 3.31. The van der Waals surface area contributed by atoms with E-state index in [0.29, 0.717) is 31.4 Å². The quantitative estimate of drug-likeness (QED) is 0.531. The summed E-state index contributed by atoms with van der Waals surface area (Å²) >= 11 is 0. The van der Waals surface area contributed by atoms with Gasteiger partial charge in [0.05, 0.1) is 16.7 Å². The van der Waals surface area contributed by atoms with Crippen molar-refractivity contribution < 1.29 is 27.5 Å². The Balaban J connectivity index is 1.73. The van der Waals surface area contributed by atoms with Crippen molar-refractivity contribution in [3.8, 4) is 0 Å². The van der Waals surface area contributed by atoms with Gasteiger partial charge < -0.3 is 21.1 Å². The first-order valence-electron chi connectivity index (χ1n) is 9.65. The summed E-state index contributed by atoms with van der Waals surface area (Å²) in [5.74, 6) is -1.12. The highest BCUT2D eigenvalue weighted by atomic mass is 32.2. The Bertz CT molecular complexity index is 1080. The van der Waals surface area contributed by atoms with Crippen molar-refractivity contribution in [1.82, 2.24) is 15.6 Å². The Morgan fingerprint density at radius 1 is 1.10 bits per heavy atom. The van der Waals surface area contributed by atoms with Crippen molar-refractivity contribution in [2.75, 3.05) is 11.6 Å². The standard InChI is InChI=1S/C20H23FN4O5S/c1-31(29,30)16-4-2-3-15(10-16)23-18-17(9-12(21)11-22-18)19(26)24-13-5-7-14(8-6-13)25-20(27)28/h2-4,9-11,13-14,25H,5-8H2,1H3,(H,22,23)(H,24,26)(H,27,28)/t13-,14+. The minimum absolute atomic E-state index is 0.0180. The number of sulfone groups is 1. The molecule has 31 heavy (non-hydrogen) atoms. The molecule has 1 aliphatic rings. The molecule has 4 N–H and O–H groups in total. The average molecular weight is 450 g/mol. The maximum atomic E-state index is 13.8. The summed E-state index contributed by atoms with van der Waals surface area (Å²) in [5.41, 5.74) is 0.367.